The summed E-state index contributed by atoms with van der Waals surface area (Å²) in [7, 11) is 0. The first-order valence-corrected chi connectivity index (χ1v) is 4.64. The van der Waals surface area contributed by atoms with Gasteiger partial charge in [-0.05, 0) is 13.3 Å². The van der Waals surface area contributed by atoms with E-state index in [1.54, 1.807) is 0 Å². The zero-order valence-electron chi connectivity index (χ0n) is 6.47. The Morgan fingerprint density at radius 3 is 3.00 bits per heavy atom. The van der Waals surface area contributed by atoms with E-state index in [0.29, 0.717) is 6.61 Å². The lowest BCUT2D eigenvalue weighted by Gasteiger charge is -2.11. The maximum atomic E-state index is 11.1. The Balaban J connectivity index is 2.24. The monoisotopic (exact) mass is 221 g/mol. The van der Waals surface area contributed by atoms with E-state index in [0.717, 1.165) is 13.0 Å². The molecule has 3 nitrogen and oxygen atoms in total. The van der Waals surface area contributed by atoms with Crippen molar-refractivity contribution in [3.05, 3.63) is 0 Å². The molecule has 64 valence electrons. The summed E-state index contributed by atoms with van der Waals surface area (Å²) >= 11 is 3.19. The van der Waals surface area contributed by atoms with Crippen LogP contribution in [0.4, 0.5) is 0 Å². The van der Waals surface area contributed by atoms with Crippen LogP contribution in [0.25, 0.3) is 0 Å². The van der Waals surface area contributed by atoms with E-state index < -0.39 is 0 Å². The molecule has 0 aromatic heterocycles. The van der Waals surface area contributed by atoms with E-state index in [1.807, 2.05) is 6.92 Å². The lowest BCUT2D eigenvalue weighted by atomic mass is 10.2. The maximum Gasteiger partial charge on any atom is 0.233 e. The summed E-state index contributed by atoms with van der Waals surface area (Å²) in [6.07, 6.45) is 0.936. The van der Waals surface area contributed by atoms with Gasteiger partial charge in [-0.2, -0.15) is 0 Å². The molecule has 0 bridgehead atoms. The second-order valence-electron chi connectivity index (χ2n) is 2.69. The van der Waals surface area contributed by atoms with Gasteiger partial charge >= 0.3 is 0 Å². The van der Waals surface area contributed by atoms with E-state index in [1.165, 1.54) is 0 Å². The number of halogens is 1. The third-order valence-electron chi connectivity index (χ3n) is 1.64. The molecule has 1 aliphatic rings. The van der Waals surface area contributed by atoms with Gasteiger partial charge in [-0.15, -0.1) is 0 Å². The molecular weight excluding hydrogens is 210 g/mol. The van der Waals surface area contributed by atoms with Crippen LogP contribution >= 0.6 is 15.9 Å². The number of ether oxygens (including phenoxy) is 1. The van der Waals surface area contributed by atoms with Crippen LogP contribution in [-0.4, -0.2) is 30.0 Å². The summed E-state index contributed by atoms with van der Waals surface area (Å²) in [5, 5.41) is 2.87. The Labute approximate surface area is 74.6 Å². The van der Waals surface area contributed by atoms with Gasteiger partial charge < -0.3 is 10.1 Å². The van der Waals surface area contributed by atoms with Gasteiger partial charge in [0.05, 0.1) is 17.5 Å². The third kappa shape index (κ3) is 2.79. The molecule has 2 atom stereocenters. The van der Waals surface area contributed by atoms with Crippen LogP contribution in [0.5, 0.6) is 0 Å². The number of carbonyl (C=O) groups excluding carboxylic acids is 1. The second kappa shape index (κ2) is 4.07. The van der Waals surface area contributed by atoms with Crippen molar-refractivity contribution in [1.82, 2.24) is 5.32 Å². The standard InChI is InChI=1S/C7H12BrNO2/c1-5(8)7(10)9-6-2-3-11-4-6/h5-6H,2-4H2,1H3,(H,9,10). The molecule has 4 heteroatoms. The SMILES string of the molecule is CC(Br)C(=O)NC1CCOC1. The van der Waals surface area contributed by atoms with Gasteiger partial charge in [0, 0.05) is 6.61 Å². The quantitative estimate of drug-likeness (QED) is 0.697. The lowest BCUT2D eigenvalue weighted by Crippen LogP contribution is -2.38. The van der Waals surface area contributed by atoms with Gasteiger partial charge in [-0.3, -0.25) is 4.79 Å². The van der Waals surface area contributed by atoms with Crippen LogP contribution in [0, 0.1) is 0 Å². The molecule has 0 spiro atoms. The van der Waals surface area contributed by atoms with Gasteiger partial charge in [-0.25, -0.2) is 0 Å². The van der Waals surface area contributed by atoms with Crippen LogP contribution in [-0.2, 0) is 9.53 Å². The van der Waals surface area contributed by atoms with Crippen molar-refractivity contribution < 1.29 is 9.53 Å². The van der Waals surface area contributed by atoms with Gasteiger partial charge in [0.15, 0.2) is 0 Å². The Morgan fingerprint density at radius 2 is 2.55 bits per heavy atom. The topological polar surface area (TPSA) is 38.3 Å². The summed E-state index contributed by atoms with van der Waals surface area (Å²) < 4.78 is 5.11. The molecule has 1 amide bonds. The van der Waals surface area contributed by atoms with E-state index >= 15 is 0 Å². The predicted octanol–water partition coefficient (Wildman–Crippen LogP) is 0.675. The molecule has 0 aromatic carbocycles. The number of nitrogens with one attached hydrogen (secondary N) is 1. The highest BCUT2D eigenvalue weighted by Gasteiger charge is 2.19. The first-order valence-electron chi connectivity index (χ1n) is 3.72. The summed E-state index contributed by atoms with van der Waals surface area (Å²) in [4.78, 5) is 11.0. The molecule has 1 saturated heterocycles. The number of rotatable bonds is 2. The van der Waals surface area contributed by atoms with Gasteiger partial charge in [-0.1, -0.05) is 15.9 Å². The summed E-state index contributed by atoms with van der Waals surface area (Å²) in [6, 6.07) is 0.225. The van der Waals surface area contributed by atoms with Crippen molar-refractivity contribution in [2.24, 2.45) is 0 Å². The first kappa shape index (κ1) is 9.00. The highest BCUT2D eigenvalue weighted by Crippen LogP contribution is 2.05. The Bertz CT molecular complexity index is 143. The maximum absolute atomic E-state index is 11.1. The van der Waals surface area contributed by atoms with Gasteiger partial charge in [0.1, 0.15) is 0 Å². The van der Waals surface area contributed by atoms with Crippen molar-refractivity contribution in [3.63, 3.8) is 0 Å². The van der Waals surface area contributed by atoms with Crippen molar-refractivity contribution >= 4 is 21.8 Å². The number of amides is 1. The van der Waals surface area contributed by atoms with Crippen molar-refractivity contribution in [2.75, 3.05) is 13.2 Å². The Kier molecular flexibility index (Phi) is 3.33. The van der Waals surface area contributed by atoms with Crippen molar-refractivity contribution in [3.8, 4) is 0 Å². The lowest BCUT2D eigenvalue weighted by molar-refractivity contribution is -0.120. The first-order chi connectivity index (χ1) is 5.20. The molecule has 1 aliphatic heterocycles. The van der Waals surface area contributed by atoms with Crippen LogP contribution in [0.2, 0.25) is 0 Å². The fourth-order valence-corrected chi connectivity index (χ4v) is 1.10. The fourth-order valence-electron chi connectivity index (χ4n) is 0.964. The smallest absolute Gasteiger partial charge is 0.233 e. The molecule has 2 unspecified atom stereocenters. The number of alkyl halides is 1. The van der Waals surface area contributed by atoms with Crippen LogP contribution < -0.4 is 5.32 Å². The molecule has 11 heavy (non-hydrogen) atoms. The van der Waals surface area contributed by atoms with Gasteiger partial charge in [0.25, 0.3) is 0 Å². The second-order valence-corrected chi connectivity index (χ2v) is 4.06. The number of hydrogen-bond donors (Lipinski definition) is 1. The zero-order chi connectivity index (χ0) is 8.27. The molecule has 1 heterocycles. The van der Waals surface area contributed by atoms with E-state index in [9.17, 15) is 4.79 Å². The van der Waals surface area contributed by atoms with Crippen molar-refractivity contribution in [1.29, 1.82) is 0 Å². The van der Waals surface area contributed by atoms with Crippen LogP contribution in [0.15, 0.2) is 0 Å². The molecule has 0 aliphatic carbocycles. The van der Waals surface area contributed by atoms with E-state index in [2.05, 4.69) is 21.2 Å². The molecule has 0 aromatic rings. The molecule has 1 fully saturated rings. The minimum Gasteiger partial charge on any atom is -0.379 e. The van der Waals surface area contributed by atoms with E-state index in [-0.39, 0.29) is 16.8 Å². The van der Waals surface area contributed by atoms with Crippen molar-refractivity contribution in [2.45, 2.75) is 24.2 Å². The predicted molar refractivity (Wildman–Crippen MR) is 45.8 cm³/mol. The number of carbonyl (C=O) groups is 1. The summed E-state index contributed by atoms with van der Waals surface area (Å²) in [6.45, 7) is 3.23. The highest BCUT2D eigenvalue weighted by atomic mass is 79.9. The zero-order valence-corrected chi connectivity index (χ0v) is 8.06. The van der Waals surface area contributed by atoms with Crippen LogP contribution in [0.1, 0.15) is 13.3 Å². The number of hydrogen-bond acceptors (Lipinski definition) is 2. The summed E-state index contributed by atoms with van der Waals surface area (Å²) in [5.41, 5.74) is 0. The average molecular weight is 222 g/mol. The van der Waals surface area contributed by atoms with E-state index in [4.69, 9.17) is 4.74 Å². The molecular formula is C7H12BrNO2. The highest BCUT2D eigenvalue weighted by molar-refractivity contribution is 9.10. The molecule has 0 radical (unpaired) electrons. The normalized spacial score (nSPS) is 26.5. The largest absolute Gasteiger partial charge is 0.379 e. The van der Waals surface area contributed by atoms with Gasteiger partial charge in [0.2, 0.25) is 5.91 Å². The fraction of sp³-hybridized carbons (Fsp3) is 0.857. The Morgan fingerprint density at radius 1 is 1.82 bits per heavy atom. The Hall–Kier alpha value is -0.0900. The summed E-state index contributed by atoms with van der Waals surface area (Å²) in [5.74, 6) is 0.0421. The average Bonchev–Trinajstić information content (AvgIpc) is 2.39. The minimum atomic E-state index is -0.108. The van der Waals surface area contributed by atoms with Crippen LogP contribution in [0.3, 0.4) is 0 Å². The molecule has 1 N–H and O–H groups in total. The molecule has 1 rings (SSSR count). The minimum absolute atomic E-state index is 0.0421. The molecule has 0 saturated carbocycles. The third-order valence-corrected chi connectivity index (χ3v) is 2.05.